The molecule has 0 nitrogen and oxygen atoms in total. The maximum Gasteiger partial charge on any atom is 0.160 e. The van der Waals surface area contributed by atoms with Gasteiger partial charge in [-0.2, -0.15) is 0 Å². The molecule has 0 saturated heterocycles. The van der Waals surface area contributed by atoms with Gasteiger partial charge in [-0.25, -0.2) is 13.2 Å². The summed E-state index contributed by atoms with van der Waals surface area (Å²) in [5.74, 6) is 13.1. The maximum absolute atomic E-state index is 15.9. The van der Waals surface area contributed by atoms with Gasteiger partial charge in [0.2, 0.25) is 0 Å². The third-order valence-corrected chi connectivity index (χ3v) is 8.38. The Morgan fingerprint density at radius 1 is 0.354 bits per heavy atom. The first kappa shape index (κ1) is 36.2. The van der Waals surface area contributed by atoms with Crippen LogP contribution in [0.1, 0.15) is 129 Å². The van der Waals surface area contributed by atoms with Gasteiger partial charge in [-0.3, -0.25) is 0 Å². The lowest BCUT2D eigenvalue weighted by atomic mass is 10.0. The number of aryl methyl sites for hydroxylation is 3. The molecular weight excluding hydrogens is 597 g/mol. The molecule has 4 rings (SSSR count). The van der Waals surface area contributed by atoms with Crippen molar-refractivity contribution >= 4 is 0 Å². The lowest BCUT2D eigenvalue weighted by Gasteiger charge is -2.07. The van der Waals surface area contributed by atoms with Crippen molar-refractivity contribution in [2.75, 3.05) is 0 Å². The van der Waals surface area contributed by atoms with E-state index in [-0.39, 0.29) is 0 Å². The van der Waals surface area contributed by atoms with Crippen LogP contribution in [0.15, 0.2) is 72.8 Å². The minimum Gasteiger partial charge on any atom is -0.204 e. The van der Waals surface area contributed by atoms with Gasteiger partial charge < -0.3 is 0 Å². The summed E-state index contributed by atoms with van der Waals surface area (Å²) in [6, 6.07) is 22.9. The van der Waals surface area contributed by atoms with E-state index in [1.54, 1.807) is 0 Å². The SMILES string of the molecule is CCCCCc1ccc(C#Cc2c(F)c(C#Cc3ccc(CCCCC)cc3)c(F)c(C#Cc3ccc(CCCCC)cc3)c2F)cc1. The van der Waals surface area contributed by atoms with Crippen LogP contribution in [0, 0.1) is 53.0 Å². The van der Waals surface area contributed by atoms with Gasteiger partial charge in [0.1, 0.15) is 0 Å². The first-order valence-electron chi connectivity index (χ1n) is 17.5. The molecule has 0 bridgehead atoms. The van der Waals surface area contributed by atoms with Crippen molar-refractivity contribution in [1.29, 1.82) is 0 Å². The smallest absolute Gasteiger partial charge is 0.160 e. The van der Waals surface area contributed by atoms with Crippen molar-refractivity contribution in [2.24, 2.45) is 0 Å². The zero-order valence-electron chi connectivity index (χ0n) is 28.5. The van der Waals surface area contributed by atoms with Crippen molar-refractivity contribution in [1.82, 2.24) is 0 Å². The van der Waals surface area contributed by atoms with Gasteiger partial charge in [-0.15, -0.1) is 0 Å². The van der Waals surface area contributed by atoms with Crippen molar-refractivity contribution in [3.8, 4) is 35.5 Å². The molecule has 246 valence electrons. The summed E-state index contributed by atoms with van der Waals surface area (Å²) in [4.78, 5) is 0. The average molecular weight is 643 g/mol. The van der Waals surface area contributed by atoms with Crippen molar-refractivity contribution in [3.63, 3.8) is 0 Å². The van der Waals surface area contributed by atoms with Crippen molar-refractivity contribution < 1.29 is 13.2 Å². The van der Waals surface area contributed by atoms with Crippen LogP contribution in [-0.4, -0.2) is 0 Å². The number of hydrogen-bond acceptors (Lipinski definition) is 0. The molecule has 0 N–H and O–H groups in total. The van der Waals surface area contributed by atoms with E-state index >= 15 is 13.2 Å². The maximum atomic E-state index is 15.9. The van der Waals surface area contributed by atoms with E-state index in [4.69, 9.17) is 0 Å². The van der Waals surface area contributed by atoms with Crippen LogP contribution in [0.4, 0.5) is 13.2 Å². The third kappa shape index (κ3) is 10.7. The van der Waals surface area contributed by atoms with E-state index in [2.05, 4.69) is 56.3 Å². The zero-order chi connectivity index (χ0) is 34.1. The quantitative estimate of drug-likeness (QED) is 0.107. The predicted molar refractivity (Wildman–Crippen MR) is 193 cm³/mol. The van der Waals surface area contributed by atoms with Crippen LogP contribution >= 0.6 is 0 Å². The molecular formula is C45H45F3. The van der Waals surface area contributed by atoms with Gasteiger partial charge in [0, 0.05) is 16.7 Å². The lowest BCUT2D eigenvalue weighted by Crippen LogP contribution is -2.04. The molecule has 0 atom stereocenters. The first-order chi connectivity index (χ1) is 23.4. The summed E-state index contributed by atoms with van der Waals surface area (Å²) in [6.07, 6.45) is 13.1. The first-order valence-corrected chi connectivity index (χ1v) is 17.5. The molecule has 0 saturated carbocycles. The molecule has 0 aliphatic heterocycles. The van der Waals surface area contributed by atoms with Crippen LogP contribution < -0.4 is 0 Å². The van der Waals surface area contributed by atoms with Crippen molar-refractivity contribution in [3.05, 3.63) is 140 Å². The molecule has 4 aromatic carbocycles. The molecule has 0 aliphatic rings. The summed E-state index contributed by atoms with van der Waals surface area (Å²) in [6.45, 7) is 6.50. The number of rotatable bonds is 12. The molecule has 0 heterocycles. The Hall–Kier alpha value is -4.65. The zero-order valence-corrected chi connectivity index (χ0v) is 28.5. The fraction of sp³-hybridized carbons (Fsp3) is 0.333. The molecule has 0 fully saturated rings. The molecule has 4 aromatic rings. The Morgan fingerprint density at radius 2 is 0.604 bits per heavy atom. The molecule has 0 spiro atoms. The van der Waals surface area contributed by atoms with E-state index in [0.717, 1.165) is 77.0 Å². The number of unbranched alkanes of at least 4 members (excludes halogenated alkanes) is 6. The van der Waals surface area contributed by atoms with Gasteiger partial charge >= 0.3 is 0 Å². The summed E-state index contributed by atoms with van der Waals surface area (Å²) in [7, 11) is 0. The Bertz CT molecular complexity index is 1570. The highest BCUT2D eigenvalue weighted by molar-refractivity contribution is 5.58. The van der Waals surface area contributed by atoms with Crippen LogP contribution in [0.2, 0.25) is 0 Å². The van der Waals surface area contributed by atoms with E-state index < -0.39 is 34.1 Å². The molecule has 3 heteroatoms. The topological polar surface area (TPSA) is 0 Å². The van der Waals surface area contributed by atoms with E-state index in [1.165, 1.54) is 16.7 Å². The second kappa shape index (κ2) is 19.2. The highest BCUT2D eigenvalue weighted by atomic mass is 19.1. The third-order valence-electron chi connectivity index (χ3n) is 8.38. The summed E-state index contributed by atoms with van der Waals surface area (Å²) < 4.78 is 47.6. The second-order valence-corrected chi connectivity index (χ2v) is 12.3. The summed E-state index contributed by atoms with van der Waals surface area (Å²) in [5.41, 5.74) is 3.74. The fourth-order valence-electron chi connectivity index (χ4n) is 5.40. The van der Waals surface area contributed by atoms with Crippen LogP contribution in [0.3, 0.4) is 0 Å². The lowest BCUT2D eigenvalue weighted by molar-refractivity contribution is 0.531. The Labute approximate surface area is 286 Å². The largest absolute Gasteiger partial charge is 0.204 e. The normalized spacial score (nSPS) is 10.4. The number of benzene rings is 4. The minimum atomic E-state index is -1.13. The molecule has 0 aliphatic carbocycles. The highest BCUT2D eigenvalue weighted by Crippen LogP contribution is 2.25. The van der Waals surface area contributed by atoms with Gasteiger partial charge in [0.05, 0.1) is 16.7 Å². The number of hydrogen-bond donors (Lipinski definition) is 0. The predicted octanol–water partition coefficient (Wildman–Crippen LogP) is 11.5. The van der Waals surface area contributed by atoms with Gasteiger partial charge in [0.25, 0.3) is 0 Å². The Balaban J connectivity index is 1.70. The Morgan fingerprint density at radius 3 is 0.833 bits per heavy atom. The van der Waals surface area contributed by atoms with Crippen LogP contribution in [-0.2, 0) is 19.3 Å². The van der Waals surface area contributed by atoms with E-state index in [9.17, 15) is 0 Å². The monoisotopic (exact) mass is 642 g/mol. The van der Waals surface area contributed by atoms with Gasteiger partial charge in [-0.05, 0) is 91.6 Å². The molecule has 0 radical (unpaired) electrons. The minimum absolute atomic E-state index is 0.547. The molecule has 0 unspecified atom stereocenters. The van der Waals surface area contributed by atoms with Crippen LogP contribution in [0.5, 0.6) is 0 Å². The van der Waals surface area contributed by atoms with Gasteiger partial charge in [0.15, 0.2) is 17.5 Å². The second-order valence-electron chi connectivity index (χ2n) is 12.3. The standard InChI is InChI=1S/C45H45F3/c1-4-7-10-13-34-16-22-37(23-17-34)28-31-40-43(46)41(32-29-38-24-18-35(19-25-38)14-11-8-5-2)45(48)42(44(40)47)33-30-39-26-20-36(21-27-39)15-12-9-6-3/h16-27H,4-15H2,1-3H3. The van der Waals surface area contributed by atoms with E-state index in [0.29, 0.717) is 16.7 Å². The molecule has 48 heavy (non-hydrogen) atoms. The van der Waals surface area contributed by atoms with Crippen LogP contribution in [0.25, 0.3) is 0 Å². The summed E-state index contributed by atoms with van der Waals surface area (Å²) in [5, 5.41) is 0. The van der Waals surface area contributed by atoms with E-state index in [1.807, 2.05) is 72.8 Å². The fourth-order valence-corrected chi connectivity index (χ4v) is 5.40. The van der Waals surface area contributed by atoms with Gasteiger partial charge in [-0.1, -0.05) is 131 Å². The summed E-state index contributed by atoms with van der Waals surface area (Å²) >= 11 is 0. The molecule has 0 amide bonds. The Kier molecular flexibility index (Phi) is 14.5. The van der Waals surface area contributed by atoms with Crippen molar-refractivity contribution in [2.45, 2.75) is 97.8 Å². The average Bonchev–Trinajstić information content (AvgIpc) is 3.10. The highest BCUT2D eigenvalue weighted by Gasteiger charge is 2.23. The number of halogens is 3. The molecule has 0 aromatic heterocycles.